The van der Waals surface area contributed by atoms with E-state index in [1.807, 2.05) is 130 Å². The van der Waals surface area contributed by atoms with Crippen molar-refractivity contribution in [3.05, 3.63) is 172 Å². The summed E-state index contributed by atoms with van der Waals surface area (Å²) >= 11 is 0. The molecule has 0 unspecified atom stereocenters. The summed E-state index contributed by atoms with van der Waals surface area (Å²) in [6, 6.07) is 42.2. The number of hydrogen-bond donors (Lipinski definition) is 5. The molecule has 57 heavy (non-hydrogen) atoms. The van der Waals surface area contributed by atoms with E-state index in [0.29, 0.717) is 51.5 Å². The lowest BCUT2D eigenvalue weighted by atomic mass is 9.82. The smallest absolute Gasteiger partial charge is 0.233 e. The molecule has 5 N–H and O–H groups in total. The predicted octanol–water partition coefficient (Wildman–Crippen LogP) is 10.3. The van der Waals surface area contributed by atoms with Crippen molar-refractivity contribution in [2.24, 2.45) is 0 Å². The molecule has 1 aliphatic rings. The van der Waals surface area contributed by atoms with Crippen molar-refractivity contribution in [1.82, 2.24) is 15.0 Å². The summed E-state index contributed by atoms with van der Waals surface area (Å²) < 4.78 is 5.22. The van der Waals surface area contributed by atoms with Crippen LogP contribution in [-0.4, -0.2) is 40.7 Å². The highest BCUT2D eigenvalue weighted by Gasteiger charge is 2.33. The third-order valence-electron chi connectivity index (χ3n) is 9.21. The van der Waals surface area contributed by atoms with Crippen LogP contribution < -0.4 is 31.3 Å². The maximum absolute atomic E-state index is 13.2. The summed E-state index contributed by atoms with van der Waals surface area (Å²) in [5.74, 6) is 1.81. The fourth-order valence-electron chi connectivity index (χ4n) is 6.38. The number of carbonyl (C=O) groups is 2. The van der Waals surface area contributed by atoms with Crippen LogP contribution in [0.25, 0.3) is 0 Å². The zero-order valence-electron chi connectivity index (χ0n) is 32.3. The maximum atomic E-state index is 13.2. The van der Waals surface area contributed by atoms with Gasteiger partial charge in [-0.05, 0) is 105 Å². The van der Waals surface area contributed by atoms with Gasteiger partial charge in [-0.1, -0.05) is 66.2 Å². The highest BCUT2D eigenvalue weighted by molar-refractivity contribution is 6.32. The number of aromatic nitrogens is 3. The zero-order valence-corrected chi connectivity index (χ0v) is 32.3. The topological polar surface area (TPSA) is 142 Å². The molecule has 11 nitrogen and oxygen atoms in total. The lowest BCUT2D eigenvalue weighted by Gasteiger charge is -2.23. The zero-order chi connectivity index (χ0) is 39.9. The van der Waals surface area contributed by atoms with Gasteiger partial charge in [-0.2, -0.15) is 15.0 Å². The second-order valence-corrected chi connectivity index (χ2v) is 13.5. The van der Waals surface area contributed by atoms with Gasteiger partial charge in [-0.15, -0.1) is 0 Å². The standard InChI is InChI=1S/C24H24N6O.C22H18N2O2/c1-16-6-4-8-19(14-16)26-23-28-22(25-18-10-12-21(31-3)13-11-18)29-24(30-23)27-20-9-5-7-17(2)15-20;1-13-7-9-14(10-8-13)24-18-12-11-17(23-2)19-20(18)22(26)16-6-4-3-5-15(16)21(19)25/h4-15H,1-3H3,(H3,25,26,27,28,29,30);3-12,23-24H,1-2H3. The summed E-state index contributed by atoms with van der Waals surface area (Å²) in [7, 11) is 3.39. The Labute approximate surface area is 331 Å². The van der Waals surface area contributed by atoms with Crippen molar-refractivity contribution < 1.29 is 14.3 Å². The average Bonchev–Trinajstić information content (AvgIpc) is 3.21. The lowest BCUT2D eigenvalue weighted by Crippen LogP contribution is -2.23. The Kier molecular flexibility index (Phi) is 11.2. The second-order valence-electron chi connectivity index (χ2n) is 13.5. The normalized spacial score (nSPS) is 11.3. The molecule has 1 aliphatic carbocycles. The molecule has 0 radical (unpaired) electrons. The molecular formula is C46H42N8O3. The van der Waals surface area contributed by atoms with E-state index in [-0.39, 0.29) is 11.6 Å². The van der Waals surface area contributed by atoms with Crippen molar-refractivity contribution in [2.45, 2.75) is 20.8 Å². The van der Waals surface area contributed by atoms with Gasteiger partial charge in [0.05, 0.1) is 23.9 Å². The molecule has 0 aliphatic heterocycles. The van der Waals surface area contributed by atoms with Crippen LogP contribution in [0.1, 0.15) is 48.5 Å². The molecule has 0 bridgehead atoms. The second kappa shape index (κ2) is 16.9. The SMILES string of the molecule is CNc1ccc(Nc2ccc(C)cc2)c2c1C(=O)c1ccccc1C2=O.COc1ccc(Nc2nc(Nc3cccc(C)c3)nc(Nc3cccc(C)c3)n2)cc1. The van der Waals surface area contributed by atoms with Crippen molar-refractivity contribution in [2.75, 3.05) is 40.7 Å². The van der Waals surface area contributed by atoms with Gasteiger partial charge < -0.3 is 31.3 Å². The Morgan fingerprint density at radius 3 is 1.40 bits per heavy atom. The number of fused-ring (bicyclic) bond motifs is 2. The third-order valence-corrected chi connectivity index (χ3v) is 9.21. The van der Waals surface area contributed by atoms with Gasteiger partial charge in [-0.25, -0.2) is 0 Å². The van der Waals surface area contributed by atoms with E-state index in [4.69, 9.17) is 4.74 Å². The van der Waals surface area contributed by atoms with Crippen LogP contribution in [-0.2, 0) is 0 Å². The van der Waals surface area contributed by atoms with E-state index < -0.39 is 0 Å². The number of methoxy groups -OCH3 is 1. The van der Waals surface area contributed by atoms with E-state index in [9.17, 15) is 9.59 Å². The van der Waals surface area contributed by atoms with E-state index >= 15 is 0 Å². The summed E-state index contributed by atoms with van der Waals surface area (Å²) in [5.41, 5.74) is 10.0. The molecule has 1 aromatic heterocycles. The third kappa shape index (κ3) is 8.90. The number of anilines is 9. The van der Waals surface area contributed by atoms with Gasteiger partial charge in [0, 0.05) is 46.6 Å². The molecule has 7 aromatic rings. The van der Waals surface area contributed by atoms with Gasteiger partial charge in [0.2, 0.25) is 17.8 Å². The Bertz CT molecular complexity index is 2510. The van der Waals surface area contributed by atoms with Gasteiger partial charge >= 0.3 is 0 Å². The first-order valence-electron chi connectivity index (χ1n) is 18.4. The molecule has 6 aromatic carbocycles. The predicted molar refractivity (Wildman–Crippen MR) is 229 cm³/mol. The number of ketones is 2. The van der Waals surface area contributed by atoms with Crippen molar-refractivity contribution in [3.63, 3.8) is 0 Å². The number of benzene rings is 6. The Hall–Kier alpha value is -7.53. The van der Waals surface area contributed by atoms with Crippen LogP contribution in [0, 0.1) is 20.8 Å². The summed E-state index contributed by atoms with van der Waals surface area (Å²) in [5, 5.41) is 16.1. The van der Waals surface area contributed by atoms with Crippen LogP contribution in [0.2, 0.25) is 0 Å². The van der Waals surface area contributed by atoms with Crippen molar-refractivity contribution >= 4 is 63.5 Å². The fourth-order valence-corrected chi connectivity index (χ4v) is 6.38. The molecule has 0 saturated heterocycles. The number of nitrogens with zero attached hydrogens (tertiary/aromatic N) is 3. The molecule has 0 saturated carbocycles. The first-order valence-corrected chi connectivity index (χ1v) is 18.4. The molecule has 8 rings (SSSR count). The van der Waals surface area contributed by atoms with Crippen molar-refractivity contribution in [1.29, 1.82) is 0 Å². The Morgan fingerprint density at radius 1 is 0.456 bits per heavy atom. The van der Waals surface area contributed by atoms with Crippen LogP contribution in [0.3, 0.4) is 0 Å². The highest BCUT2D eigenvalue weighted by Crippen LogP contribution is 2.37. The van der Waals surface area contributed by atoms with Gasteiger partial charge in [0.1, 0.15) is 5.75 Å². The molecule has 11 heteroatoms. The fraction of sp³-hybridized carbons (Fsp3) is 0.109. The van der Waals surface area contributed by atoms with Crippen LogP contribution >= 0.6 is 0 Å². The van der Waals surface area contributed by atoms with Gasteiger partial charge in [0.15, 0.2) is 11.6 Å². The van der Waals surface area contributed by atoms with Crippen LogP contribution in [0.4, 0.5) is 52.0 Å². The number of carbonyl (C=O) groups excluding carboxylic acids is 2. The van der Waals surface area contributed by atoms with Crippen molar-refractivity contribution in [3.8, 4) is 5.75 Å². The number of rotatable bonds is 10. The lowest BCUT2D eigenvalue weighted by molar-refractivity contribution is 0.0980. The summed E-state index contributed by atoms with van der Waals surface area (Å²) in [4.78, 5) is 39.9. The monoisotopic (exact) mass is 754 g/mol. The van der Waals surface area contributed by atoms with E-state index in [1.54, 1.807) is 38.4 Å². The number of hydrogen-bond acceptors (Lipinski definition) is 11. The van der Waals surface area contributed by atoms with Crippen LogP contribution in [0.5, 0.6) is 5.75 Å². The average molecular weight is 755 g/mol. The highest BCUT2D eigenvalue weighted by atomic mass is 16.5. The largest absolute Gasteiger partial charge is 0.497 e. The van der Waals surface area contributed by atoms with Crippen LogP contribution in [0.15, 0.2) is 133 Å². The Balaban J connectivity index is 0.000000177. The molecule has 1 heterocycles. The van der Waals surface area contributed by atoms with Gasteiger partial charge in [0.25, 0.3) is 0 Å². The van der Waals surface area contributed by atoms with E-state index in [2.05, 4.69) is 41.5 Å². The molecular weight excluding hydrogens is 713 g/mol. The summed E-state index contributed by atoms with van der Waals surface area (Å²) in [6.07, 6.45) is 0. The Morgan fingerprint density at radius 2 is 0.912 bits per heavy atom. The molecule has 0 fully saturated rings. The number of aryl methyl sites for hydroxylation is 3. The molecule has 284 valence electrons. The first-order chi connectivity index (χ1) is 27.7. The van der Waals surface area contributed by atoms with Gasteiger partial charge in [-0.3, -0.25) is 9.59 Å². The number of ether oxygens (including phenoxy) is 1. The first kappa shape index (κ1) is 37.8. The quantitative estimate of drug-likeness (QED) is 0.0910. The van der Waals surface area contributed by atoms with E-state index in [1.165, 1.54) is 0 Å². The minimum atomic E-state index is -0.137. The minimum absolute atomic E-state index is 0.132. The molecule has 0 atom stereocenters. The van der Waals surface area contributed by atoms with E-state index in [0.717, 1.165) is 45.2 Å². The summed E-state index contributed by atoms with van der Waals surface area (Å²) in [6.45, 7) is 6.10. The molecule has 0 spiro atoms. The minimum Gasteiger partial charge on any atom is -0.497 e. The number of nitrogens with one attached hydrogen (secondary N) is 5. The maximum Gasteiger partial charge on any atom is 0.233 e. The molecule has 0 amide bonds.